The van der Waals surface area contributed by atoms with E-state index < -0.39 is 0 Å². The Morgan fingerprint density at radius 2 is 1.82 bits per heavy atom. The van der Waals surface area contributed by atoms with E-state index in [2.05, 4.69) is 35.5 Å². The molecular weight excluding hydrogens is 469 g/mol. The van der Waals surface area contributed by atoms with Crippen LogP contribution in [-0.4, -0.2) is 52.6 Å². The molecule has 0 aliphatic carbocycles. The Labute approximate surface area is 187 Å². The van der Waals surface area contributed by atoms with Crippen molar-refractivity contribution in [2.75, 3.05) is 46.6 Å². The summed E-state index contributed by atoms with van der Waals surface area (Å²) in [5.41, 5.74) is 1.12. The zero-order valence-corrected chi connectivity index (χ0v) is 20.0. The number of hydrogen-bond donors (Lipinski definition) is 2. The molecule has 0 unspecified atom stereocenters. The van der Waals surface area contributed by atoms with Crippen LogP contribution < -0.4 is 15.4 Å². The molecule has 0 aliphatic rings. The van der Waals surface area contributed by atoms with Crippen molar-refractivity contribution in [3.05, 3.63) is 29.8 Å². The van der Waals surface area contributed by atoms with E-state index in [1.54, 1.807) is 7.11 Å². The third-order valence-electron chi connectivity index (χ3n) is 3.82. The number of methoxy groups -OCH3 is 1. The van der Waals surface area contributed by atoms with Gasteiger partial charge in [0.2, 0.25) is 0 Å². The first kappa shape index (κ1) is 26.9. The molecule has 162 valence electrons. The highest BCUT2D eigenvalue weighted by atomic mass is 127. The maximum absolute atomic E-state index is 5.75. The summed E-state index contributed by atoms with van der Waals surface area (Å²) >= 11 is 0. The number of halogens is 1. The van der Waals surface area contributed by atoms with Crippen molar-refractivity contribution in [1.29, 1.82) is 0 Å². The highest BCUT2D eigenvalue weighted by molar-refractivity contribution is 14.0. The Morgan fingerprint density at radius 1 is 1.00 bits per heavy atom. The SMILES string of the molecule is CCCCOCCCNC(=NCc1cccc(OCCCOC)c1)NCC.I. The highest BCUT2D eigenvalue weighted by Crippen LogP contribution is 2.14. The molecule has 0 atom stereocenters. The maximum atomic E-state index is 5.75. The first-order valence-corrected chi connectivity index (χ1v) is 10.1. The van der Waals surface area contributed by atoms with Crippen molar-refractivity contribution >= 4 is 29.9 Å². The van der Waals surface area contributed by atoms with Crippen LogP contribution >= 0.6 is 24.0 Å². The molecule has 1 aromatic carbocycles. The lowest BCUT2D eigenvalue weighted by atomic mass is 10.2. The van der Waals surface area contributed by atoms with Crippen molar-refractivity contribution in [3.8, 4) is 5.75 Å². The first-order valence-electron chi connectivity index (χ1n) is 10.1. The molecule has 2 N–H and O–H groups in total. The standard InChI is InChI=1S/C21H37N3O3.HI/c1-4-6-14-26-15-8-12-23-21(22-5-2)24-18-19-10-7-11-20(17-19)27-16-9-13-25-3;/h7,10-11,17H,4-6,8-9,12-16,18H2,1-3H3,(H2,22,23,24);1H. The lowest BCUT2D eigenvalue weighted by molar-refractivity contribution is 0.129. The van der Waals surface area contributed by atoms with Crippen molar-refractivity contribution in [1.82, 2.24) is 10.6 Å². The van der Waals surface area contributed by atoms with Gasteiger partial charge in [-0.1, -0.05) is 25.5 Å². The van der Waals surface area contributed by atoms with Gasteiger partial charge in [-0.25, -0.2) is 4.99 Å². The molecule has 0 saturated carbocycles. The normalized spacial score (nSPS) is 11.0. The summed E-state index contributed by atoms with van der Waals surface area (Å²) in [5.74, 6) is 1.71. The third-order valence-corrected chi connectivity index (χ3v) is 3.82. The third kappa shape index (κ3) is 14.0. The number of guanidine groups is 1. The largest absolute Gasteiger partial charge is 0.493 e. The molecular formula is C21H38IN3O3. The minimum atomic E-state index is 0. The van der Waals surface area contributed by atoms with Gasteiger partial charge in [-0.2, -0.15) is 0 Å². The van der Waals surface area contributed by atoms with Gasteiger partial charge >= 0.3 is 0 Å². The minimum absolute atomic E-state index is 0. The van der Waals surface area contributed by atoms with Gasteiger partial charge < -0.3 is 24.8 Å². The quantitative estimate of drug-likeness (QED) is 0.163. The number of rotatable bonds is 15. The van der Waals surface area contributed by atoms with Crippen molar-refractivity contribution in [2.24, 2.45) is 4.99 Å². The Balaban J connectivity index is 0.00000729. The van der Waals surface area contributed by atoms with Crippen molar-refractivity contribution < 1.29 is 14.2 Å². The summed E-state index contributed by atoms with van der Waals surface area (Å²) in [5, 5.41) is 6.64. The predicted octanol–water partition coefficient (Wildman–Crippen LogP) is 3.98. The van der Waals surface area contributed by atoms with E-state index in [0.717, 1.165) is 62.8 Å². The lowest BCUT2D eigenvalue weighted by Gasteiger charge is -2.12. The molecule has 0 amide bonds. The molecule has 0 aromatic heterocycles. The van der Waals surface area contributed by atoms with E-state index in [-0.39, 0.29) is 24.0 Å². The van der Waals surface area contributed by atoms with Gasteiger partial charge in [-0.3, -0.25) is 0 Å². The zero-order chi connectivity index (χ0) is 19.6. The van der Waals surface area contributed by atoms with Gasteiger partial charge in [0, 0.05) is 46.4 Å². The molecule has 0 aliphatic heterocycles. The monoisotopic (exact) mass is 507 g/mol. The maximum Gasteiger partial charge on any atom is 0.191 e. The second kappa shape index (κ2) is 19.3. The molecule has 1 aromatic rings. The van der Waals surface area contributed by atoms with Crippen LogP contribution in [0.4, 0.5) is 0 Å². The minimum Gasteiger partial charge on any atom is -0.493 e. The van der Waals surface area contributed by atoms with Crippen molar-refractivity contribution in [2.45, 2.75) is 46.1 Å². The Morgan fingerprint density at radius 3 is 2.57 bits per heavy atom. The molecule has 0 spiro atoms. The molecule has 0 saturated heterocycles. The van der Waals surface area contributed by atoms with Gasteiger partial charge in [0.25, 0.3) is 0 Å². The molecule has 0 fully saturated rings. The zero-order valence-electron chi connectivity index (χ0n) is 17.7. The molecule has 7 heteroatoms. The van der Waals surface area contributed by atoms with Crippen LogP contribution in [0.1, 0.15) is 45.1 Å². The first-order chi connectivity index (χ1) is 13.3. The highest BCUT2D eigenvalue weighted by Gasteiger charge is 2.00. The van der Waals surface area contributed by atoms with Gasteiger partial charge in [0.05, 0.1) is 13.2 Å². The Bertz CT molecular complexity index is 515. The number of benzene rings is 1. The molecule has 0 radical (unpaired) electrons. The fourth-order valence-corrected chi connectivity index (χ4v) is 2.37. The van der Waals surface area contributed by atoms with E-state index in [1.807, 2.05) is 18.2 Å². The summed E-state index contributed by atoms with van der Waals surface area (Å²) in [4.78, 5) is 4.66. The van der Waals surface area contributed by atoms with Gasteiger partial charge in [-0.15, -0.1) is 24.0 Å². The summed E-state index contributed by atoms with van der Waals surface area (Å²) < 4.78 is 16.4. The lowest BCUT2D eigenvalue weighted by Crippen LogP contribution is -2.38. The van der Waals surface area contributed by atoms with Crippen LogP contribution in [0, 0.1) is 0 Å². The number of aliphatic imine (C=N–C) groups is 1. The van der Waals surface area contributed by atoms with E-state index in [4.69, 9.17) is 14.2 Å². The fourth-order valence-electron chi connectivity index (χ4n) is 2.37. The smallest absolute Gasteiger partial charge is 0.191 e. The second-order valence-corrected chi connectivity index (χ2v) is 6.28. The van der Waals surface area contributed by atoms with Crippen molar-refractivity contribution in [3.63, 3.8) is 0 Å². The molecule has 28 heavy (non-hydrogen) atoms. The number of nitrogens with one attached hydrogen (secondary N) is 2. The van der Waals surface area contributed by atoms with E-state index in [9.17, 15) is 0 Å². The van der Waals surface area contributed by atoms with E-state index in [0.29, 0.717) is 19.8 Å². The van der Waals surface area contributed by atoms with Gasteiger partial charge in [-0.05, 0) is 37.5 Å². The second-order valence-electron chi connectivity index (χ2n) is 6.28. The van der Waals surface area contributed by atoms with Gasteiger partial charge in [0.1, 0.15) is 5.75 Å². The van der Waals surface area contributed by atoms with Crippen LogP contribution in [-0.2, 0) is 16.0 Å². The van der Waals surface area contributed by atoms with E-state index >= 15 is 0 Å². The summed E-state index contributed by atoms with van der Waals surface area (Å²) in [6, 6.07) is 8.09. The molecule has 1 rings (SSSR count). The summed E-state index contributed by atoms with van der Waals surface area (Å²) in [6.07, 6.45) is 4.16. The Kier molecular flexibility index (Phi) is 18.5. The average Bonchev–Trinajstić information content (AvgIpc) is 2.69. The summed E-state index contributed by atoms with van der Waals surface area (Å²) in [6.45, 7) is 9.55. The number of hydrogen-bond acceptors (Lipinski definition) is 4. The Hall–Kier alpha value is -1.06. The van der Waals surface area contributed by atoms with Gasteiger partial charge in [0.15, 0.2) is 5.96 Å². The van der Waals surface area contributed by atoms with Crippen LogP contribution in [0.2, 0.25) is 0 Å². The molecule has 0 bridgehead atoms. The average molecular weight is 507 g/mol. The fraction of sp³-hybridized carbons (Fsp3) is 0.667. The summed E-state index contributed by atoms with van der Waals surface area (Å²) in [7, 11) is 1.70. The van der Waals surface area contributed by atoms with Crippen LogP contribution in [0.5, 0.6) is 5.75 Å². The van der Waals surface area contributed by atoms with Crippen LogP contribution in [0.25, 0.3) is 0 Å². The molecule has 6 nitrogen and oxygen atoms in total. The van der Waals surface area contributed by atoms with E-state index in [1.165, 1.54) is 6.42 Å². The number of unbranched alkanes of at least 4 members (excludes halogenated alkanes) is 1. The topological polar surface area (TPSA) is 64.1 Å². The molecule has 0 heterocycles. The van der Waals surface area contributed by atoms with Crippen LogP contribution in [0.15, 0.2) is 29.3 Å². The number of ether oxygens (including phenoxy) is 3. The predicted molar refractivity (Wildman–Crippen MR) is 127 cm³/mol. The number of nitrogens with zero attached hydrogens (tertiary/aromatic N) is 1. The van der Waals surface area contributed by atoms with Crippen LogP contribution in [0.3, 0.4) is 0 Å².